The smallest absolute Gasteiger partial charge is 0.211 e. The van der Waals surface area contributed by atoms with Gasteiger partial charge in [0.2, 0.25) is 6.08 Å². The van der Waals surface area contributed by atoms with Gasteiger partial charge in [-0.1, -0.05) is 34.7 Å². The van der Waals surface area contributed by atoms with Crippen molar-refractivity contribution in [2.75, 3.05) is 4.43 Å². The van der Waals surface area contributed by atoms with Gasteiger partial charge in [-0.25, -0.2) is 9.18 Å². The Morgan fingerprint density at radius 3 is 2.86 bits per heavy atom. The Labute approximate surface area is 95.4 Å². The van der Waals surface area contributed by atoms with Crippen molar-refractivity contribution < 1.29 is 9.18 Å². The Bertz CT molecular complexity index is 376. The van der Waals surface area contributed by atoms with Crippen LogP contribution >= 0.6 is 22.6 Å². The van der Waals surface area contributed by atoms with Crippen LogP contribution < -0.4 is 0 Å². The molecule has 2 nitrogen and oxygen atoms in total. The molecular weight excluding hydrogens is 296 g/mol. The van der Waals surface area contributed by atoms with Crippen LogP contribution in [0.2, 0.25) is 0 Å². The van der Waals surface area contributed by atoms with Gasteiger partial charge in [-0.05, 0) is 24.6 Å². The number of benzene rings is 1. The van der Waals surface area contributed by atoms with E-state index in [-0.39, 0.29) is 5.82 Å². The average Bonchev–Trinajstić information content (AvgIpc) is 2.18. The highest BCUT2D eigenvalue weighted by atomic mass is 127. The van der Waals surface area contributed by atoms with Gasteiger partial charge in [0.15, 0.2) is 0 Å². The van der Waals surface area contributed by atoms with Crippen LogP contribution in [0.3, 0.4) is 0 Å². The predicted octanol–water partition coefficient (Wildman–Crippen LogP) is 2.81. The zero-order chi connectivity index (χ0) is 10.6. The van der Waals surface area contributed by atoms with Gasteiger partial charge in [0.05, 0.1) is 0 Å². The molecule has 0 aliphatic carbocycles. The number of rotatable bonds is 3. The third kappa shape index (κ3) is 2.39. The van der Waals surface area contributed by atoms with Crippen molar-refractivity contribution in [3.63, 3.8) is 0 Å². The predicted molar refractivity (Wildman–Crippen MR) is 60.8 cm³/mol. The molecule has 1 rings (SSSR count). The lowest BCUT2D eigenvalue weighted by atomic mass is 9.95. The van der Waals surface area contributed by atoms with E-state index in [0.29, 0.717) is 9.99 Å². The lowest BCUT2D eigenvalue weighted by molar-refractivity contribution is 0.528. The molecule has 0 heterocycles. The Hall–Kier alpha value is -0.740. The van der Waals surface area contributed by atoms with E-state index in [4.69, 9.17) is 0 Å². The quantitative estimate of drug-likeness (QED) is 0.365. The molecule has 14 heavy (non-hydrogen) atoms. The van der Waals surface area contributed by atoms with Gasteiger partial charge in [0.1, 0.15) is 11.4 Å². The first kappa shape index (κ1) is 11.3. The SMILES string of the molecule is CC(CI)(N=C=O)c1cccc(F)c1. The maximum atomic E-state index is 12.9. The van der Waals surface area contributed by atoms with Crippen molar-refractivity contribution in [2.45, 2.75) is 12.5 Å². The Kier molecular flexibility index (Phi) is 3.77. The molecule has 0 aliphatic rings. The number of nitrogens with zero attached hydrogens (tertiary/aromatic N) is 1. The lowest BCUT2D eigenvalue weighted by Gasteiger charge is -2.20. The minimum absolute atomic E-state index is 0.320. The van der Waals surface area contributed by atoms with Crippen LogP contribution in [0.25, 0.3) is 0 Å². The minimum Gasteiger partial charge on any atom is -0.211 e. The Balaban J connectivity index is 3.18. The summed E-state index contributed by atoms with van der Waals surface area (Å²) in [6, 6.07) is 6.11. The summed E-state index contributed by atoms with van der Waals surface area (Å²) in [5.74, 6) is -0.320. The number of halogens is 2. The van der Waals surface area contributed by atoms with Gasteiger partial charge >= 0.3 is 0 Å². The second-order valence-corrected chi connectivity index (χ2v) is 3.88. The number of hydrogen-bond donors (Lipinski definition) is 0. The van der Waals surface area contributed by atoms with Crippen LogP contribution in [0.15, 0.2) is 29.3 Å². The summed E-state index contributed by atoms with van der Waals surface area (Å²) in [5.41, 5.74) is 0.0139. The van der Waals surface area contributed by atoms with Gasteiger partial charge in [0, 0.05) is 4.43 Å². The molecule has 74 valence electrons. The fourth-order valence-electron chi connectivity index (χ4n) is 1.10. The largest absolute Gasteiger partial charge is 0.235 e. The zero-order valence-corrected chi connectivity index (χ0v) is 9.79. The summed E-state index contributed by atoms with van der Waals surface area (Å²) in [5, 5.41) is 0. The number of hydrogen-bond acceptors (Lipinski definition) is 2. The second-order valence-electron chi connectivity index (χ2n) is 3.12. The van der Waals surface area contributed by atoms with Crippen molar-refractivity contribution >= 4 is 28.7 Å². The van der Waals surface area contributed by atoms with Crippen molar-refractivity contribution in [3.05, 3.63) is 35.6 Å². The third-order valence-electron chi connectivity index (χ3n) is 2.00. The van der Waals surface area contributed by atoms with Crippen LogP contribution in [0.5, 0.6) is 0 Å². The summed E-state index contributed by atoms with van der Waals surface area (Å²) in [6.07, 6.45) is 1.52. The molecule has 1 aromatic carbocycles. The van der Waals surface area contributed by atoms with E-state index < -0.39 is 5.54 Å². The number of carbonyl (C=O) groups excluding carboxylic acids is 1. The van der Waals surface area contributed by atoms with Crippen molar-refractivity contribution in [3.8, 4) is 0 Å². The van der Waals surface area contributed by atoms with Gasteiger partial charge in [-0.2, -0.15) is 4.99 Å². The molecule has 0 amide bonds. The van der Waals surface area contributed by atoms with Crippen molar-refractivity contribution in [1.82, 2.24) is 0 Å². The highest BCUT2D eigenvalue weighted by Gasteiger charge is 2.24. The molecule has 0 fully saturated rings. The molecule has 0 saturated carbocycles. The molecule has 4 heteroatoms. The molecule has 0 radical (unpaired) electrons. The van der Waals surface area contributed by atoms with Crippen LogP contribution in [0, 0.1) is 5.82 Å². The Morgan fingerprint density at radius 1 is 1.64 bits per heavy atom. The molecule has 0 N–H and O–H groups in total. The van der Waals surface area contributed by atoms with E-state index in [1.165, 1.54) is 18.2 Å². The van der Waals surface area contributed by atoms with E-state index in [1.807, 2.05) is 0 Å². The molecule has 0 bridgehead atoms. The topological polar surface area (TPSA) is 29.4 Å². The van der Waals surface area contributed by atoms with Gasteiger partial charge < -0.3 is 0 Å². The monoisotopic (exact) mass is 305 g/mol. The maximum Gasteiger partial charge on any atom is 0.235 e. The van der Waals surface area contributed by atoms with Crippen molar-refractivity contribution in [1.29, 1.82) is 0 Å². The summed E-state index contributed by atoms with van der Waals surface area (Å²) in [4.78, 5) is 14.0. The van der Waals surface area contributed by atoms with Crippen LogP contribution in [-0.4, -0.2) is 10.5 Å². The van der Waals surface area contributed by atoms with Crippen LogP contribution in [0.1, 0.15) is 12.5 Å². The average molecular weight is 305 g/mol. The first-order valence-corrected chi connectivity index (χ1v) is 5.56. The highest BCUT2D eigenvalue weighted by molar-refractivity contribution is 14.1. The molecular formula is C10H9FINO. The number of alkyl halides is 1. The standard InChI is InChI=1S/C10H9FINO/c1-10(6-12,13-7-14)8-3-2-4-9(11)5-8/h2-5H,6H2,1H3. The van der Waals surface area contributed by atoms with Gasteiger partial charge in [0.25, 0.3) is 0 Å². The first-order valence-electron chi connectivity index (χ1n) is 4.03. The van der Waals surface area contributed by atoms with E-state index in [1.54, 1.807) is 19.1 Å². The summed E-state index contributed by atoms with van der Waals surface area (Å²) in [6.45, 7) is 1.78. The normalized spacial score (nSPS) is 14.2. The van der Waals surface area contributed by atoms with E-state index in [0.717, 1.165) is 0 Å². The molecule has 1 atom stereocenters. The molecule has 1 aromatic rings. The molecule has 0 spiro atoms. The molecule has 0 saturated heterocycles. The fourth-order valence-corrected chi connectivity index (χ4v) is 1.71. The van der Waals surface area contributed by atoms with Crippen molar-refractivity contribution in [2.24, 2.45) is 4.99 Å². The van der Waals surface area contributed by atoms with E-state index in [9.17, 15) is 9.18 Å². The Morgan fingerprint density at radius 2 is 2.36 bits per heavy atom. The van der Waals surface area contributed by atoms with Crippen LogP contribution in [0.4, 0.5) is 4.39 Å². The number of aliphatic imine (C=N–C) groups is 1. The third-order valence-corrected chi connectivity index (χ3v) is 3.48. The van der Waals surface area contributed by atoms with E-state index in [2.05, 4.69) is 27.6 Å². The summed E-state index contributed by atoms with van der Waals surface area (Å²) < 4.78 is 13.5. The zero-order valence-electron chi connectivity index (χ0n) is 7.63. The minimum atomic E-state index is -0.676. The maximum absolute atomic E-state index is 12.9. The fraction of sp³-hybridized carbons (Fsp3) is 0.300. The molecule has 0 aromatic heterocycles. The molecule has 0 aliphatic heterocycles. The van der Waals surface area contributed by atoms with Gasteiger partial charge in [-0.15, -0.1) is 0 Å². The second kappa shape index (κ2) is 4.66. The highest BCUT2D eigenvalue weighted by Crippen LogP contribution is 2.27. The number of isocyanates is 1. The summed E-state index contributed by atoms with van der Waals surface area (Å²) in [7, 11) is 0. The van der Waals surface area contributed by atoms with Crippen LogP contribution in [-0.2, 0) is 10.3 Å². The first-order chi connectivity index (χ1) is 6.62. The summed E-state index contributed by atoms with van der Waals surface area (Å²) >= 11 is 2.11. The lowest BCUT2D eigenvalue weighted by Crippen LogP contribution is -2.20. The van der Waals surface area contributed by atoms with Gasteiger partial charge in [-0.3, -0.25) is 0 Å². The van der Waals surface area contributed by atoms with E-state index >= 15 is 0 Å². The molecule has 1 unspecified atom stereocenters.